The molecule has 0 fully saturated rings. The van der Waals surface area contributed by atoms with Crippen molar-refractivity contribution in [2.24, 2.45) is 0 Å². The molecule has 2 aromatic carbocycles. The maximum absolute atomic E-state index is 12.8. The molecule has 0 radical (unpaired) electrons. The third-order valence-electron chi connectivity index (χ3n) is 4.22. The van der Waals surface area contributed by atoms with Gasteiger partial charge in [0.05, 0.1) is 0 Å². The summed E-state index contributed by atoms with van der Waals surface area (Å²) in [4.78, 5) is 28.5. The highest BCUT2D eigenvalue weighted by molar-refractivity contribution is 9.10. The van der Waals surface area contributed by atoms with E-state index in [1.807, 2.05) is 55.5 Å². The Bertz CT molecular complexity index is 761. The molecule has 0 unspecified atom stereocenters. The monoisotopic (exact) mass is 386 g/mol. The topological polar surface area (TPSA) is 40.6 Å². The number of fused-ring (bicyclic) bond motifs is 1. The van der Waals surface area contributed by atoms with Crippen molar-refractivity contribution in [2.75, 3.05) is 22.9 Å². The van der Waals surface area contributed by atoms with Crippen LogP contribution in [0.1, 0.15) is 18.9 Å². The minimum Gasteiger partial charge on any atom is -0.311 e. The number of benzene rings is 2. The van der Waals surface area contributed by atoms with Crippen LogP contribution in [0.2, 0.25) is 0 Å². The molecule has 2 aromatic rings. The highest BCUT2D eigenvalue weighted by Gasteiger charge is 2.27. The summed E-state index contributed by atoms with van der Waals surface area (Å²) in [5, 5.41) is 0. The predicted molar refractivity (Wildman–Crippen MR) is 99.3 cm³/mol. The number of rotatable bonds is 4. The van der Waals surface area contributed by atoms with E-state index in [0.29, 0.717) is 19.4 Å². The van der Waals surface area contributed by atoms with Crippen LogP contribution in [0, 0.1) is 0 Å². The zero-order valence-electron chi connectivity index (χ0n) is 13.5. The molecule has 0 atom stereocenters. The average molecular weight is 387 g/mol. The van der Waals surface area contributed by atoms with Crippen molar-refractivity contribution in [2.45, 2.75) is 19.8 Å². The van der Waals surface area contributed by atoms with Crippen LogP contribution in [0.15, 0.2) is 53.0 Å². The second-order valence-corrected chi connectivity index (χ2v) is 6.64. The number of nitrogens with zero attached hydrogens (tertiary/aromatic N) is 2. The van der Waals surface area contributed by atoms with E-state index in [-0.39, 0.29) is 18.4 Å². The molecule has 0 spiro atoms. The molecule has 124 valence electrons. The fourth-order valence-electron chi connectivity index (χ4n) is 3.03. The van der Waals surface area contributed by atoms with Crippen LogP contribution < -0.4 is 9.80 Å². The fraction of sp³-hybridized carbons (Fsp3) is 0.263. The standard InChI is InChI=1S/C19H19BrN2O2/c1-2-21(16-6-4-3-5-7-16)19(24)13-22-17-10-9-15(20)12-14(17)8-11-18(22)23/h3-7,9-10,12H,2,8,11,13H2,1H3. The van der Waals surface area contributed by atoms with E-state index in [1.54, 1.807) is 9.80 Å². The molecular formula is C19H19BrN2O2. The second-order valence-electron chi connectivity index (χ2n) is 5.73. The Morgan fingerprint density at radius 1 is 1.17 bits per heavy atom. The maximum Gasteiger partial charge on any atom is 0.247 e. The Morgan fingerprint density at radius 2 is 1.92 bits per heavy atom. The smallest absolute Gasteiger partial charge is 0.247 e. The molecule has 5 heteroatoms. The third kappa shape index (κ3) is 3.36. The van der Waals surface area contributed by atoms with Crippen LogP contribution in [0.4, 0.5) is 11.4 Å². The van der Waals surface area contributed by atoms with Gasteiger partial charge in [-0.1, -0.05) is 34.1 Å². The van der Waals surface area contributed by atoms with E-state index in [9.17, 15) is 9.59 Å². The number of amides is 2. The van der Waals surface area contributed by atoms with Crippen LogP contribution in [0.25, 0.3) is 0 Å². The summed E-state index contributed by atoms with van der Waals surface area (Å²) < 4.78 is 0.987. The van der Waals surface area contributed by atoms with Crippen LogP contribution >= 0.6 is 15.9 Å². The van der Waals surface area contributed by atoms with Crippen molar-refractivity contribution < 1.29 is 9.59 Å². The van der Waals surface area contributed by atoms with Crippen LogP contribution in [0.3, 0.4) is 0 Å². The molecule has 3 rings (SSSR count). The second kappa shape index (κ2) is 7.18. The summed E-state index contributed by atoms with van der Waals surface area (Å²) >= 11 is 3.46. The normalized spacial score (nSPS) is 13.6. The number of carbonyl (C=O) groups is 2. The number of hydrogen-bond donors (Lipinski definition) is 0. The fourth-order valence-corrected chi connectivity index (χ4v) is 3.44. The van der Waals surface area contributed by atoms with Gasteiger partial charge in [-0.3, -0.25) is 9.59 Å². The first-order valence-electron chi connectivity index (χ1n) is 8.04. The lowest BCUT2D eigenvalue weighted by Gasteiger charge is -2.31. The molecule has 4 nitrogen and oxygen atoms in total. The van der Waals surface area contributed by atoms with Crippen molar-refractivity contribution in [3.63, 3.8) is 0 Å². The highest BCUT2D eigenvalue weighted by atomic mass is 79.9. The van der Waals surface area contributed by atoms with Gasteiger partial charge in [0.1, 0.15) is 6.54 Å². The summed E-state index contributed by atoms with van der Waals surface area (Å²) in [7, 11) is 0. The van der Waals surface area contributed by atoms with Crippen molar-refractivity contribution in [1.29, 1.82) is 0 Å². The summed E-state index contributed by atoms with van der Waals surface area (Å²) in [6.45, 7) is 2.57. The number of aryl methyl sites for hydroxylation is 1. The summed E-state index contributed by atoms with van der Waals surface area (Å²) in [5.41, 5.74) is 2.79. The number of likely N-dealkylation sites (N-methyl/N-ethyl adjacent to an activating group) is 1. The first-order valence-corrected chi connectivity index (χ1v) is 8.83. The molecule has 0 bridgehead atoms. The molecule has 0 N–H and O–H groups in total. The van der Waals surface area contributed by atoms with E-state index < -0.39 is 0 Å². The number of hydrogen-bond acceptors (Lipinski definition) is 2. The molecule has 2 amide bonds. The lowest BCUT2D eigenvalue weighted by atomic mass is 10.0. The summed E-state index contributed by atoms with van der Waals surface area (Å²) in [6.07, 6.45) is 1.16. The predicted octanol–water partition coefficient (Wildman–Crippen LogP) is 3.78. The Balaban J connectivity index is 1.85. The zero-order chi connectivity index (χ0) is 17.1. The van der Waals surface area contributed by atoms with Gasteiger partial charge in [0, 0.05) is 28.8 Å². The molecule has 0 saturated heterocycles. The van der Waals surface area contributed by atoms with Gasteiger partial charge in [-0.15, -0.1) is 0 Å². The van der Waals surface area contributed by atoms with Gasteiger partial charge in [0.25, 0.3) is 0 Å². The number of para-hydroxylation sites is 1. The Morgan fingerprint density at radius 3 is 2.62 bits per heavy atom. The van der Waals surface area contributed by atoms with Crippen molar-refractivity contribution in [3.05, 3.63) is 58.6 Å². The number of carbonyl (C=O) groups excluding carboxylic acids is 2. The molecule has 24 heavy (non-hydrogen) atoms. The SMILES string of the molecule is CCN(C(=O)CN1C(=O)CCc2cc(Br)ccc21)c1ccccc1. The van der Waals surface area contributed by atoms with Crippen molar-refractivity contribution >= 4 is 39.1 Å². The van der Waals surface area contributed by atoms with E-state index >= 15 is 0 Å². The first kappa shape index (κ1) is 16.7. The Labute approximate surface area is 150 Å². The lowest BCUT2D eigenvalue weighted by molar-refractivity contribution is -0.122. The molecule has 1 heterocycles. The maximum atomic E-state index is 12.8. The molecular weight excluding hydrogens is 368 g/mol. The van der Waals surface area contributed by atoms with Crippen LogP contribution in [-0.4, -0.2) is 24.9 Å². The number of anilines is 2. The van der Waals surface area contributed by atoms with E-state index in [2.05, 4.69) is 15.9 Å². The minimum atomic E-state index is -0.0761. The van der Waals surface area contributed by atoms with Gasteiger partial charge < -0.3 is 9.80 Å². The third-order valence-corrected chi connectivity index (χ3v) is 4.71. The molecule has 0 saturated carbocycles. The lowest BCUT2D eigenvalue weighted by Crippen LogP contribution is -2.45. The van der Waals surface area contributed by atoms with Crippen molar-refractivity contribution in [1.82, 2.24) is 0 Å². The Hall–Kier alpha value is -2.14. The van der Waals surface area contributed by atoms with Crippen LogP contribution in [-0.2, 0) is 16.0 Å². The van der Waals surface area contributed by atoms with Gasteiger partial charge in [-0.2, -0.15) is 0 Å². The molecule has 1 aliphatic rings. The van der Waals surface area contributed by atoms with Gasteiger partial charge >= 0.3 is 0 Å². The summed E-state index contributed by atoms with van der Waals surface area (Å²) in [5.74, 6) is -0.0740. The van der Waals surface area contributed by atoms with Crippen LogP contribution in [0.5, 0.6) is 0 Å². The van der Waals surface area contributed by atoms with E-state index in [0.717, 1.165) is 21.4 Å². The van der Waals surface area contributed by atoms with Gasteiger partial charge in [-0.05, 0) is 49.2 Å². The zero-order valence-corrected chi connectivity index (χ0v) is 15.1. The average Bonchev–Trinajstić information content (AvgIpc) is 2.59. The van der Waals surface area contributed by atoms with E-state index in [4.69, 9.17) is 0 Å². The highest BCUT2D eigenvalue weighted by Crippen LogP contribution is 2.30. The first-order chi connectivity index (χ1) is 11.6. The molecule has 1 aliphatic heterocycles. The van der Waals surface area contributed by atoms with Crippen molar-refractivity contribution in [3.8, 4) is 0 Å². The van der Waals surface area contributed by atoms with Gasteiger partial charge in [0.15, 0.2) is 0 Å². The van der Waals surface area contributed by atoms with Gasteiger partial charge in [0.2, 0.25) is 11.8 Å². The minimum absolute atomic E-state index is 0.00212. The molecule has 0 aromatic heterocycles. The van der Waals surface area contributed by atoms with E-state index in [1.165, 1.54) is 0 Å². The summed E-state index contributed by atoms with van der Waals surface area (Å²) in [6, 6.07) is 15.4. The number of halogens is 1. The Kier molecular flexibility index (Phi) is 5.00. The quantitative estimate of drug-likeness (QED) is 0.801. The largest absolute Gasteiger partial charge is 0.311 e. The van der Waals surface area contributed by atoms with Gasteiger partial charge in [-0.25, -0.2) is 0 Å². The molecule has 0 aliphatic carbocycles.